The first-order valence-corrected chi connectivity index (χ1v) is 17.7. The first-order valence-electron chi connectivity index (χ1n) is 17.7. The van der Waals surface area contributed by atoms with Crippen LogP contribution in [0.2, 0.25) is 0 Å². The van der Waals surface area contributed by atoms with Gasteiger partial charge in [-0.15, -0.1) is 6.58 Å². The Morgan fingerprint density at radius 2 is 1.88 bits per heavy atom. The minimum absolute atomic E-state index is 0.102. The van der Waals surface area contributed by atoms with Gasteiger partial charge in [0.05, 0.1) is 17.8 Å². The number of nitrogens with zero attached hydrogens (tertiary/aromatic N) is 2. The summed E-state index contributed by atoms with van der Waals surface area (Å²) in [6, 6.07) is 16.2. The highest BCUT2D eigenvalue weighted by Crippen LogP contribution is 2.45. The van der Waals surface area contributed by atoms with Gasteiger partial charge in [-0.05, 0) is 49.8 Å². The van der Waals surface area contributed by atoms with Gasteiger partial charge < -0.3 is 25.4 Å². The fraction of sp³-hybridized carbons (Fsp3) is 0.462. The van der Waals surface area contributed by atoms with Crippen molar-refractivity contribution in [2.45, 2.75) is 101 Å². The molecule has 49 heavy (non-hydrogen) atoms. The van der Waals surface area contributed by atoms with Crippen molar-refractivity contribution in [3.8, 4) is 17.0 Å². The van der Waals surface area contributed by atoms with Gasteiger partial charge in [-0.3, -0.25) is 14.4 Å². The van der Waals surface area contributed by atoms with E-state index in [1.165, 1.54) is 4.90 Å². The Labute approximate surface area is 287 Å². The van der Waals surface area contributed by atoms with Crippen molar-refractivity contribution in [1.29, 1.82) is 0 Å². The van der Waals surface area contributed by atoms with E-state index in [0.717, 1.165) is 72.7 Å². The molecule has 0 spiro atoms. The Morgan fingerprint density at radius 3 is 2.59 bits per heavy atom. The van der Waals surface area contributed by atoms with Gasteiger partial charge >= 0.3 is 5.97 Å². The van der Waals surface area contributed by atoms with Crippen molar-refractivity contribution >= 4 is 34.6 Å². The molecule has 0 unspecified atom stereocenters. The van der Waals surface area contributed by atoms with Crippen LogP contribution >= 0.6 is 0 Å². The number of pyridine rings is 1. The average Bonchev–Trinajstić information content (AvgIpc) is 3.67. The lowest BCUT2D eigenvalue weighted by Crippen LogP contribution is -2.56. The predicted octanol–water partition coefficient (Wildman–Crippen LogP) is 5.58. The number of unbranched alkanes of at least 4 members (excludes halogenated alkanes) is 1. The highest BCUT2D eigenvalue weighted by molar-refractivity contribution is 5.96. The number of carboxylic acid groups (broad SMARTS) is 1. The minimum atomic E-state index is -1.45. The lowest BCUT2D eigenvalue weighted by atomic mass is 10.0. The standard InChI is InChI=1S/C39H46N4O6/c1-3-5-16-31-37(46)43-24-28(21-33(43)36(45)42-39(38(47)48)23-27(39)4-2)49-34-22-32(26-14-10-8-11-15-26)40-30-19-18-25(20-29(30)34)13-9-6-7-12-17-35(44)41-31/h4,8,10-11,14-15,18-20,22,27-28,31,33H,2-3,5-7,9,12-13,16-17,21,23-24H2,1H3,(H,41,44)(H,42,45)(H,47,48)/t27-,28-,31+,33+,39-/m1/s1. The van der Waals surface area contributed by atoms with Gasteiger partial charge in [0, 0.05) is 35.8 Å². The van der Waals surface area contributed by atoms with E-state index in [1.54, 1.807) is 6.08 Å². The van der Waals surface area contributed by atoms with Crippen molar-refractivity contribution in [1.82, 2.24) is 20.5 Å². The van der Waals surface area contributed by atoms with Gasteiger partial charge in [-0.1, -0.05) is 75.1 Å². The maximum Gasteiger partial charge on any atom is 0.330 e. The van der Waals surface area contributed by atoms with Crippen LogP contribution in [0.25, 0.3) is 22.2 Å². The summed E-state index contributed by atoms with van der Waals surface area (Å²) in [5, 5.41) is 16.6. The van der Waals surface area contributed by atoms with Gasteiger partial charge in [0.2, 0.25) is 17.7 Å². The highest BCUT2D eigenvalue weighted by atomic mass is 16.5. The van der Waals surface area contributed by atoms with Gasteiger partial charge in [0.15, 0.2) is 0 Å². The Balaban J connectivity index is 1.38. The summed E-state index contributed by atoms with van der Waals surface area (Å²) in [5.74, 6) is -2.02. The molecule has 2 aromatic carbocycles. The second-order valence-corrected chi connectivity index (χ2v) is 13.7. The summed E-state index contributed by atoms with van der Waals surface area (Å²) in [5.41, 5.74) is 2.17. The first-order chi connectivity index (χ1) is 23.7. The van der Waals surface area contributed by atoms with E-state index in [1.807, 2.05) is 49.4 Å². The molecule has 258 valence electrons. The summed E-state index contributed by atoms with van der Waals surface area (Å²) in [4.78, 5) is 60.0. The number of fused-ring (bicyclic) bond motifs is 3. The Kier molecular flexibility index (Phi) is 10.3. The van der Waals surface area contributed by atoms with Crippen LogP contribution in [0.4, 0.5) is 0 Å². The van der Waals surface area contributed by atoms with Gasteiger partial charge in [-0.25, -0.2) is 9.78 Å². The minimum Gasteiger partial charge on any atom is -0.488 e. The number of aryl methyl sites for hydroxylation is 1. The Morgan fingerprint density at radius 1 is 1.10 bits per heavy atom. The van der Waals surface area contributed by atoms with Gasteiger partial charge in [0.1, 0.15) is 29.5 Å². The fourth-order valence-electron chi connectivity index (χ4n) is 7.23. The van der Waals surface area contributed by atoms with Crippen molar-refractivity contribution < 1.29 is 29.0 Å². The second kappa shape index (κ2) is 14.8. The summed E-state index contributed by atoms with van der Waals surface area (Å²) in [7, 11) is 0. The molecule has 2 fully saturated rings. The molecule has 0 radical (unpaired) electrons. The zero-order valence-electron chi connectivity index (χ0n) is 28.2. The van der Waals surface area contributed by atoms with Crippen LogP contribution in [0.15, 0.2) is 67.3 Å². The number of aliphatic carboxylic acids is 1. The van der Waals surface area contributed by atoms with Crippen LogP contribution < -0.4 is 15.4 Å². The summed E-state index contributed by atoms with van der Waals surface area (Å²) in [6.45, 7) is 5.86. The van der Waals surface area contributed by atoms with Gasteiger partial charge in [0.25, 0.3) is 0 Å². The van der Waals surface area contributed by atoms with E-state index in [2.05, 4.69) is 29.3 Å². The van der Waals surface area contributed by atoms with Crippen molar-refractivity contribution in [2.75, 3.05) is 6.54 Å². The number of rotatable bonds is 8. The van der Waals surface area contributed by atoms with Crippen molar-refractivity contribution in [3.63, 3.8) is 0 Å². The first kappa shape index (κ1) is 34.1. The third-order valence-electron chi connectivity index (χ3n) is 10.2. The maximum absolute atomic E-state index is 14.3. The highest BCUT2D eigenvalue weighted by Gasteiger charge is 2.61. The number of nitrogens with one attached hydrogen (secondary N) is 2. The smallest absolute Gasteiger partial charge is 0.330 e. The Hall–Kier alpha value is -4.73. The number of ether oxygens (including phenoxy) is 1. The van der Waals surface area contributed by atoms with Crippen LogP contribution in [0.1, 0.15) is 76.7 Å². The largest absolute Gasteiger partial charge is 0.488 e. The third kappa shape index (κ3) is 7.48. The molecule has 1 saturated carbocycles. The molecular weight excluding hydrogens is 620 g/mol. The molecule has 1 aromatic heterocycles. The van der Waals surface area contributed by atoms with E-state index in [4.69, 9.17) is 9.72 Å². The number of amides is 3. The molecule has 3 aromatic rings. The molecule has 2 aliphatic heterocycles. The van der Waals surface area contributed by atoms with Crippen molar-refractivity contribution in [2.24, 2.45) is 5.92 Å². The SMILES string of the molecule is C=C[C@@H]1C[C@]1(NC(=O)[C@@H]1C[C@@H]2CN1C(=O)[C@H](CCCC)NC(=O)CCCCCCc1ccc3nc(-c4ccccc4)cc(c3c1)O2)C(=O)O. The molecule has 6 rings (SSSR count). The van der Waals surface area contributed by atoms with Crippen LogP contribution in [-0.4, -0.2) is 69.0 Å². The van der Waals surface area contributed by atoms with Crippen LogP contribution in [-0.2, 0) is 25.6 Å². The third-order valence-corrected chi connectivity index (χ3v) is 10.2. The summed E-state index contributed by atoms with van der Waals surface area (Å²) >= 11 is 0. The molecule has 3 amide bonds. The molecule has 5 atom stereocenters. The van der Waals surface area contributed by atoms with Crippen LogP contribution in [0.3, 0.4) is 0 Å². The number of aromatic nitrogens is 1. The van der Waals surface area contributed by atoms with E-state index in [9.17, 15) is 24.3 Å². The van der Waals surface area contributed by atoms with E-state index in [-0.39, 0.29) is 31.2 Å². The number of carbonyl (C=O) groups is 4. The lowest BCUT2D eigenvalue weighted by molar-refractivity contribution is -0.146. The number of hydrogen-bond acceptors (Lipinski definition) is 6. The van der Waals surface area contributed by atoms with Crippen LogP contribution in [0, 0.1) is 5.92 Å². The number of benzene rings is 2. The second-order valence-electron chi connectivity index (χ2n) is 13.7. The van der Waals surface area contributed by atoms with Crippen LogP contribution in [0.5, 0.6) is 5.75 Å². The summed E-state index contributed by atoms with van der Waals surface area (Å²) in [6.07, 6.45) is 8.14. The average molecular weight is 667 g/mol. The Bertz CT molecular complexity index is 1730. The molecule has 3 heterocycles. The predicted molar refractivity (Wildman–Crippen MR) is 187 cm³/mol. The molecule has 10 nitrogen and oxygen atoms in total. The van der Waals surface area contributed by atoms with Crippen molar-refractivity contribution in [3.05, 3.63) is 72.8 Å². The molecule has 3 aliphatic rings. The maximum atomic E-state index is 14.3. The molecule has 3 N–H and O–H groups in total. The number of carboxylic acids is 1. The monoisotopic (exact) mass is 666 g/mol. The fourth-order valence-corrected chi connectivity index (χ4v) is 7.23. The number of carbonyl (C=O) groups excluding carboxylic acids is 3. The van der Waals surface area contributed by atoms with Gasteiger partial charge in [-0.2, -0.15) is 0 Å². The zero-order valence-corrected chi connectivity index (χ0v) is 28.2. The van der Waals surface area contributed by atoms with E-state index >= 15 is 0 Å². The zero-order chi connectivity index (χ0) is 34.5. The molecule has 1 aliphatic carbocycles. The lowest BCUT2D eigenvalue weighted by Gasteiger charge is -2.29. The molecular formula is C39H46N4O6. The summed E-state index contributed by atoms with van der Waals surface area (Å²) < 4.78 is 6.75. The molecule has 1 saturated heterocycles. The van der Waals surface area contributed by atoms with E-state index in [0.29, 0.717) is 18.6 Å². The number of hydrogen-bond donors (Lipinski definition) is 3. The molecule has 10 heteroatoms. The normalized spacial score (nSPS) is 25.9. The topological polar surface area (TPSA) is 138 Å². The van der Waals surface area contributed by atoms with E-state index < -0.39 is 41.5 Å². The quantitative estimate of drug-likeness (QED) is 0.267. The molecule has 4 bridgehead atoms.